The highest BCUT2D eigenvalue weighted by atomic mass is 32.1. The number of hydrogen-bond acceptors (Lipinski definition) is 6. The summed E-state index contributed by atoms with van der Waals surface area (Å²) in [5.74, 6) is -0.279. The van der Waals surface area contributed by atoms with Crippen molar-refractivity contribution in [2.45, 2.75) is 39.2 Å². The molecule has 1 aromatic carbocycles. The third kappa shape index (κ3) is 3.53. The minimum absolute atomic E-state index is 0.240. The van der Waals surface area contributed by atoms with Crippen LogP contribution in [0.5, 0.6) is 0 Å². The van der Waals surface area contributed by atoms with Crippen LogP contribution >= 0.6 is 11.3 Å². The molecule has 1 amide bonds. The second kappa shape index (κ2) is 7.70. The predicted molar refractivity (Wildman–Crippen MR) is 121 cm³/mol. The molecule has 3 aromatic heterocycles. The minimum atomic E-state index is -0.715. The summed E-state index contributed by atoms with van der Waals surface area (Å²) in [5.41, 5.74) is 5.08. The summed E-state index contributed by atoms with van der Waals surface area (Å²) in [7, 11) is 0. The molecule has 0 aliphatic heterocycles. The number of hydrogen-bond donors (Lipinski definition) is 1. The molecule has 4 aromatic rings. The highest BCUT2D eigenvalue weighted by Gasteiger charge is 2.22. The Morgan fingerprint density at radius 3 is 2.94 bits per heavy atom. The van der Waals surface area contributed by atoms with E-state index < -0.39 is 6.04 Å². The van der Waals surface area contributed by atoms with Gasteiger partial charge in [0.2, 0.25) is 5.91 Å². The average Bonchev–Trinajstić information content (AvgIpc) is 3.40. The first kappa shape index (κ1) is 19.6. The Labute approximate surface area is 182 Å². The van der Waals surface area contributed by atoms with Gasteiger partial charge in [-0.15, -0.1) is 0 Å². The zero-order chi connectivity index (χ0) is 21.5. The Bertz CT molecular complexity index is 1340. The largest absolute Gasteiger partial charge is 0.324 e. The number of carbonyl (C=O) groups excluding carboxylic acids is 1. The lowest BCUT2D eigenvalue weighted by molar-refractivity contribution is -0.119. The number of aromatic nitrogens is 4. The van der Waals surface area contributed by atoms with Crippen LogP contribution in [0.15, 0.2) is 47.4 Å². The second-order valence-electron chi connectivity index (χ2n) is 7.74. The summed E-state index contributed by atoms with van der Waals surface area (Å²) in [6, 6.07) is 10.4. The number of aryl methyl sites for hydroxylation is 2. The average molecular weight is 432 g/mol. The van der Waals surface area contributed by atoms with Crippen LogP contribution in [0.4, 0.5) is 5.69 Å². The van der Waals surface area contributed by atoms with Gasteiger partial charge < -0.3 is 5.32 Å². The van der Waals surface area contributed by atoms with Gasteiger partial charge in [-0.3, -0.25) is 9.59 Å². The van der Waals surface area contributed by atoms with Gasteiger partial charge in [-0.05, 0) is 62.4 Å². The van der Waals surface area contributed by atoms with Gasteiger partial charge in [0.15, 0.2) is 0 Å². The first-order chi connectivity index (χ1) is 15.0. The molecule has 0 bridgehead atoms. The van der Waals surface area contributed by atoms with Crippen molar-refractivity contribution in [3.8, 4) is 10.6 Å². The quantitative estimate of drug-likeness (QED) is 0.529. The molecular weight excluding hydrogens is 410 g/mol. The van der Waals surface area contributed by atoms with Crippen molar-refractivity contribution >= 4 is 33.3 Å². The Hall–Kier alpha value is -3.39. The summed E-state index contributed by atoms with van der Waals surface area (Å²) in [5, 5.41) is 8.28. The number of anilines is 1. The Balaban J connectivity index is 1.43. The highest BCUT2D eigenvalue weighted by molar-refractivity contribution is 7.21. The SMILES string of the molecule is Cc1c(NC(=O)C(C)n2nc3c(cc2=O)CCC3)cccc1-c1nc2cccnc2s1. The smallest absolute Gasteiger partial charge is 0.267 e. The summed E-state index contributed by atoms with van der Waals surface area (Å²) in [6.45, 7) is 3.65. The number of fused-ring (bicyclic) bond motifs is 2. The Kier molecular flexibility index (Phi) is 4.86. The van der Waals surface area contributed by atoms with Crippen LogP contribution in [0, 0.1) is 6.92 Å². The molecule has 0 saturated carbocycles. The molecule has 0 fully saturated rings. The van der Waals surface area contributed by atoms with Crippen molar-refractivity contribution in [3.63, 3.8) is 0 Å². The van der Waals surface area contributed by atoms with Gasteiger partial charge >= 0.3 is 0 Å². The van der Waals surface area contributed by atoms with Crippen LogP contribution in [0.2, 0.25) is 0 Å². The molecule has 0 spiro atoms. The number of nitrogens with zero attached hydrogens (tertiary/aromatic N) is 4. The van der Waals surface area contributed by atoms with Crippen LogP contribution in [-0.4, -0.2) is 25.7 Å². The molecule has 3 heterocycles. The zero-order valence-corrected chi connectivity index (χ0v) is 18.1. The van der Waals surface area contributed by atoms with E-state index in [1.807, 2.05) is 37.3 Å². The van der Waals surface area contributed by atoms with Gasteiger partial charge in [0.1, 0.15) is 21.4 Å². The number of nitrogens with one attached hydrogen (secondary N) is 1. The maximum absolute atomic E-state index is 13.0. The lowest BCUT2D eigenvalue weighted by Crippen LogP contribution is -2.34. The topological polar surface area (TPSA) is 89.8 Å². The molecule has 8 heteroatoms. The lowest BCUT2D eigenvalue weighted by atomic mass is 10.1. The Morgan fingerprint density at radius 2 is 2.10 bits per heavy atom. The molecule has 1 unspecified atom stereocenters. The summed E-state index contributed by atoms with van der Waals surface area (Å²) in [6.07, 6.45) is 4.48. The van der Waals surface area contributed by atoms with Crippen LogP contribution < -0.4 is 10.9 Å². The Morgan fingerprint density at radius 1 is 1.23 bits per heavy atom. The number of rotatable bonds is 4. The van der Waals surface area contributed by atoms with E-state index in [4.69, 9.17) is 0 Å². The van der Waals surface area contributed by atoms with Gasteiger partial charge in [-0.1, -0.05) is 23.5 Å². The van der Waals surface area contributed by atoms with Crippen molar-refractivity contribution in [2.24, 2.45) is 0 Å². The van der Waals surface area contributed by atoms with Crippen molar-refractivity contribution in [1.29, 1.82) is 0 Å². The fourth-order valence-electron chi connectivity index (χ4n) is 3.93. The van der Waals surface area contributed by atoms with E-state index in [9.17, 15) is 9.59 Å². The first-order valence-corrected chi connectivity index (χ1v) is 11.1. The number of benzene rings is 1. The minimum Gasteiger partial charge on any atom is -0.324 e. The van der Waals surface area contributed by atoms with E-state index in [-0.39, 0.29) is 11.5 Å². The van der Waals surface area contributed by atoms with E-state index in [0.717, 1.165) is 57.0 Å². The molecule has 31 heavy (non-hydrogen) atoms. The molecule has 156 valence electrons. The molecule has 1 aliphatic carbocycles. The summed E-state index contributed by atoms with van der Waals surface area (Å²) in [4.78, 5) is 35.4. The molecule has 1 aliphatic rings. The molecule has 7 nitrogen and oxygen atoms in total. The van der Waals surface area contributed by atoms with E-state index in [1.54, 1.807) is 19.2 Å². The van der Waals surface area contributed by atoms with Crippen LogP contribution in [0.25, 0.3) is 20.9 Å². The van der Waals surface area contributed by atoms with Gasteiger partial charge in [0.25, 0.3) is 5.56 Å². The molecule has 0 radical (unpaired) electrons. The number of pyridine rings is 1. The maximum atomic E-state index is 13.0. The van der Waals surface area contributed by atoms with Gasteiger partial charge in [-0.25, -0.2) is 14.6 Å². The highest BCUT2D eigenvalue weighted by Crippen LogP contribution is 2.33. The van der Waals surface area contributed by atoms with Crippen molar-refractivity contribution in [1.82, 2.24) is 19.7 Å². The van der Waals surface area contributed by atoms with Crippen molar-refractivity contribution in [3.05, 3.63) is 69.8 Å². The third-order valence-electron chi connectivity index (χ3n) is 5.72. The number of carbonyl (C=O) groups is 1. The zero-order valence-electron chi connectivity index (χ0n) is 17.3. The van der Waals surface area contributed by atoms with E-state index in [1.165, 1.54) is 16.0 Å². The summed E-state index contributed by atoms with van der Waals surface area (Å²) >= 11 is 1.52. The maximum Gasteiger partial charge on any atom is 0.267 e. The van der Waals surface area contributed by atoms with Crippen LogP contribution in [-0.2, 0) is 17.6 Å². The normalized spacial score (nSPS) is 13.9. The van der Waals surface area contributed by atoms with E-state index in [0.29, 0.717) is 5.69 Å². The van der Waals surface area contributed by atoms with Gasteiger partial charge in [0, 0.05) is 23.5 Å². The van der Waals surface area contributed by atoms with Crippen LogP contribution in [0.1, 0.15) is 36.2 Å². The molecule has 1 atom stereocenters. The molecule has 0 saturated heterocycles. The standard InChI is InChI=1S/C23H21N5O2S/c1-13-16(22-26-19-10-5-11-24-23(19)31-22)7-4-8-17(13)25-21(30)14(2)28-20(29)12-15-6-3-9-18(15)27-28/h4-5,7-8,10-12,14H,3,6,9H2,1-2H3,(H,25,30). The van der Waals surface area contributed by atoms with Crippen molar-refractivity contribution in [2.75, 3.05) is 5.32 Å². The van der Waals surface area contributed by atoms with Gasteiger partial charge in [-0.2, -0.15) is 5.10 Å². The monoisotopic (exact) mass is 431 g/mol. The molecule has 1 N–H and O–H groups in total. The molecule has 5 rings (SSSR count). The second-order valence-corrected chi connectivity index (χ2v) is 8.72. The van der Waals surface area contributed by atoms with E-state index >= 15 is 0 Å². The predicted octanol–water partition coefficient (Wildman–Crippen LogP) is 3.91. The first-order valence-electron chi connectivity index (χ1n) is 10.3. The molecular formula is C23H21N5O2S. The fourth-order valence-corrected chi connectivity index (χ4v) is 4.92. The van der Waals surface area contributed by atoms with Gasteiger partial charge in [0.05, 0.1) is 5.69 Å². The van der Waals surface area contributed by atoms with E-state index in [2.05, 4.69) is 20.4 Å². The number of amides is 1. The fraction of sp³-hybridized carbons (Fsp3) is 0.261. The van der Waals surface area contributed by atoms with Crippen LogP contribution in [0.3, 0.4) is 0 Å². The summed E-state index contributed by atoms with van der Waals surface area (Å²) < 4.78 is 1.29. The van der Waals surface area contributed by atoms with Crippen molar-refractivity contribution < 1.29 is 4.79 Å². The lowest BCUT2D eigenvalue weighted by Gasteiger charge is -2.17. The number of thiazole rings is 1. The third-order valence-corrected chi connectivity index (χ3v) is 6.73.